The summed E-state index contributed by atoms with van der Waals surface area (Å²) >= 11 is 1.89. The summed E-state index contributed by atoms with van der Waals surface area (Å²) in [6, 6.07) is 11.6. The van der Waals surface area contributed by atoms with Crippen LogP contribution in [0, 0.1) is 0 Å². The Morgan fingerprint density at radius 3 is 2.61 bits per heavy atom. The highest BCUT2D eigenvalue weighted by molar-refractivity contribution is 8.00. The van der Waals surface area contributed by atoms with E-state index in [0.717, 1.165) is 61.7 Å². The first-order valence-corrected chi connectivity index (χ1v) is 19.9. The van der Waals surface area contributed by atoms with Gasteiger partial charge < -0.3 is 35.9 Å². The number of alkyl halides is 3. The molecule has 14 nitrogen and oxygen atoms in total. The van der Waals surface area contributed by atoms with Crippen molar-refractivity contribution in [2.75, 3.05) is 51.4 Å². The zero-order valence-corrected chi connectivity index (χ0v) is 32.0. The molecule has 3 unspecified atom stereocenters. The van der Waals surface area contributed by atoms with Crippen LogP contribution in [0.4, 0.5) is 23.8 Å². The molecule has 2 fully saturated rings. The molecule has 298 valence electrons. The quantitative estimate of drug-likeness (QED) is 0.0485. The Kier molecular flexibility index (Phi) is 11.7. The number of carbonyl (C=O) groups is 3. The van der Waals surface area contributed by atoms with Gasteiger partial charge in [0.15, 0.2) is 0 Å². The summed E-state index contributed by atoms with van der Waals surface area (Å²) in [5, 5.41) is 21.1. The standard InChI is InChI=1S/C38H45F3N10O4S/c1-51(16-6-14-42-30(52)11-4-3-10-28-32-27(21-56-28)45-36(54)48-32)17-7-15-43-33-31-25-13-12-23(35(53)55-2)20-26(25)44-34(31)47-29(46-33)19-22-8-5-9-24(18-22)37(49-50-37)38(39,40)41/h5,8-9,12-13,18,20,27-28,32H,3-4,6-7,10-11,14-17,19,21H2,1-2H3,(H,42,52)(H2,45,48,54)(H2,43,44,46,47). The number of aromatic amines is 1. The molecule has 3 amide bonds. The Morgan fingerprint density at radius 2 is 1.84 bits per heavy atom. The number of aromatic nitrogens is 3. The van der Waals surface area contributed by atoms with Crippen LogP contribution in [-0.4, -0.2) is 107 Å². The summed E-state index contributed by atoms with van der Waals surface area (Å²) in [7, 11) is 3.35. The summed E-state index contributed by atoms with van der Waals surface area (Å²) in [5.41, 5.74) is -0.453. The highest BCUT2D eigenvalue weighted by Gasteiger charge is 2.65. The van der Waals surface area contributed by atoms with Crippen LogP contribution in [0.5, 0.6) is 0 Å². The number of urea groups is 1. The van der Waals surface area contributed by atoms with Gasteiger partial charge >= 0.3 is 23.8 Å². The number of thioether (sulfide) groups is 1. The molecular weight excluding hydrogens is 750 g/mol. The smallest absolute Gasteiger partial charge is 0.442 e. The second-order valence-corrected chi connectivity index (χ2v) is 15.8. The number of amides is 3. The Morgan fingerprint density at radius 1 is 1.04 bits per heavy atom. The Bertz CT molecular complexity index is 2120. The number of fused-ring (bicyclic) bond motifs is 4. The summed E-state index contributed by atoms with van der Waals surface area (Å²) in [4.78, 5) is 51.3. The van der Waals surface area contributed by atoms with Gasteiger partial charge in [0, 0.05) is 53.4 Å². The molecule has 7 rings (SSSR count). The number of halogens is 3. The number of hydrogen-bond donors (Lipinski definition) is 5. The first-order valence-electron chi connectivity index (χ1n) is 18.8. The fourth-order valence-corrected chi connectivity index (χ4v) is 8.97. The van der Waals surface area contributed by atoms with Gasteiger partial charge in [0.2, 0.25) is 5.91 Å². The third kappa shape index (κ3) is 8.70. The highest BCUT2D eigenvalue weighted by atomic mass is 32.2. The minimum Gasteiger partial charge on any atom is -0.465 e. The lowest BCUT2D eigenvalue weighted by molar-refractivity contribution is -0.166. The third-order valence-corrected chi connectivity index (χ3v) is 11.9. The first kappa shape index (κ1) is 39.3. The van der Waals surface area contributed by atoms with Gasteiger partial charge in [-0.25, -0.2) is 19.6 Å². The van der Waals surface area contributed by atoms with Crippen LogP contribution in [-0.2, 0) is 21.6 Å². The number of hydrogen-bond acceptors (Lipinski definition) is 11. The highest BCUT2D eigenvalue weighted by Crippen LogP contribution is 2.52. The Hall–Kier alpha value is -4.97. The van der Waals surface area contributed by atoms with Crippen molar-refractivity contribution in [3.63, 3.8) is 0 Å². The number of esters is 1. The molecule has 2 aromatic carbocycles. The zero-order valence-electron chi connectivity index (χ0n) is 31.2. The fourth-order valence-electron chi connectivity index (χ4n) is 7.43. The Labute approximate surface area is 325 Å². The largest absolute Gasteiger partial charge is 0.465 e. The molecule has 5 heterocycles. The van der Waals surface area contributed by atoms with Gasteiger partial charge in [-0.15, -0.1) is 10.2 Å². The molecule has 0 aliphatic carbocycles. The number of benzene rings is 2. The van der Waals surface area contributed by atoms with Gasteiger partial charge in [0.25, 0.3) is 0 Å². The zero-order chi connectivity index (χ0) is 39.5. The summed E-state index contributed by atoms with van der Waals surface area (Å²) in [6.07, 6.45) is 0.387. The molecular formula is C38H45F3N10O4S. The van der Waals surface area contributed by atoms with E-state index in [1.165, 1.54) is 19.2 Å². The Balaban J connectivity index is 0.906. The monoisotopic (exact) mass is 794 g/mol. The van der Waals surface area contributed by atoms with Gasteiger partial charge in [0.1, 0.15) is 17.3 Å². The van der Waals surface area contributed by atoms with Crippen LogP contribution in [0.3, 0.4) is 0 Å². The van der Waals surface area contributed by atoms with E-state index in [2.05, 4.69) is 41.4 Å². The summed E-state index contributed by atoms with van der Waals surface area (Å²) < 4.78 is 46.0. The minimum absolute atomic E-state index is 0.0578. The van der Waals surface area contributed by atoms with Crippen LogP contribution in [0.1, 0.15) is 65.8 Å². The molecule has 2 aromatic heterocycles. The average molecular weight is 795 g/mol. The van der Waals surface area contributed by atoms with Gasteiger partial charge in [-0.3, -0.25) is 4.79 Å². The molecule has 18 heteroatoms. The number of ether oxygens (including phenoxy) is 1. The first-order chi connectivity index (χ1) is 26.9. The van der Waals surface area contributed by atoms with Crippen molar-refractivity contribution < 1.29 is 32.3 Å². The number of nitrogens with one attached hydrogen (secondary N) is 5. The van der Waals surface area contributed by atoms with E-state index in [1.54, 1.807) is 24.3 Å². The van der Waals surface area contributed by atoms with Gasteiger partial charge in [-0.05, 0) is 63.5 Å². The molecule has 5 N–H and O–H groups in total. The van der Waals surface area contributed by atoms with Crippen molar-refractivity contribution in [2.24, 2.45) is 10.2 Å². The molecule has 3 aliphatic rings. The van der Waals surface area contributed by atoms with Crippen molar-refractivity contribution in [1.29, 1.82) is 0 Å². The maximum Gasteiger partial charge on any atom is 0.442 e. The average Bonchev–Trinajstić information content (AvgIpc) is 3.65. The van der Waals surface area contributed by atoms with Crippen LogP contribution >= 0.6 is 11.8 Å². The molecule has 0 radical (unpaired) electrons. The number of anilines is 1. The normalized spacial score (nSPS) is 19.6. The topological polar surface area (TPSA) is 178 Å². The molecule has 0 spiro atoms. The van der Waals surface area contributed by atoms with Crippen LogP contribution in [0.2, 0.25) is 0 Å². The second kappa shape index (κ2) is 16.6. The van der Waals surface area contributed by atoms with Crippen LogP contribution in [0.25, 0.3) is 21.9 Å². The number of rotatable bonds is 18. The van der Waals surface area contributed by atoms with Crippen molar-refractivity contribution >= 4 is 57.4 Å². The third-order valence-electron chi connectivity index (χ3n) is 10.4. The van der Waals surface area contributed by atoms with Crippen molar-refractivity contribution in [2.45, 2.75) is 74.1 Å². The SMILES string of the molecule is COC(=O)c1ccc2c(c1)[nH]c1nc(Cc3cccc(C4(C(F)(F)F)N=N4)c3)nc(NCCCN(C)CCCNC(=O)CCCCC3SCC4NC(=O)NC43)c12. The van der Waals surface area contributed by atoms with E-state index >= 15 is 0 Å². The lowest BCUT2D eigenvalue weighted by Crippen LogP contribution is -2.36. The number of carbonyl (C=O) groups excluding carboxylic acids is 3. The van der Waals surface area contributed by atoms with Crippen LogP contribution in [0.15, 0.2) is 52.7 Å². The van der Waals surface area contributed by atoms with Gasteiger partial charge in [-0.2, -0.15) is 24.9 Å². The van der Waals surface area contributed by atoms with Crippen molar-refractivity contribution in [1.82, 2.24) is 35.8 Å². The summed E-state index contributed by atoms with van der Waals surface area (Å²) in [6.45, 7) is 2.78. The number of unbranched alkanes of at least 4 members (excludes halogenated alkanes) is 1. The van der Waals surface area contributed by atoms with E-state index in [0.29, 0.717) is 58.7 Å². The lowest BCUT2D eigenvalue weighted by Gasteiger charge is -2.17. The van der Waals surface area contributed by atoms with E-state index in [9.17, 15) is 27.6 Å². The maximum atomic E-state index is 13.7. The number of methoxy groups -OCH3 is 1. The van der Waals surface area contributed by atoms with Crippen molar-refractivity contribution in [3.05, 3.63) is 65.0 Å². The predicted molar refractivity (Wildman–Crippen MR) is 207 cm³/mol. The molecule has 4 aromatic rings. The van der Waals surface area contributed by atoms with Crippen LogP contribution < -0.4 is 21.3 Å². The molecule has 3 aliphatic heterocycles. The molecule has 0 saturated carbocycles. The summed E-state index contributed by atoms with van der Waals surface area (Å²) in [5.74, 6) is 1.48. The second-order valence-electron chi connectivity index (χ2n) is 14.5. The fraction of sp³-hybridized carbons (Fsp3) is 0.500. The minimum atomic E-state index is -4.63. The number of nitrogens with zero attached hydrogens (tertiary/aromatic N) is 5. The predicted octanol–water partition coefficient (Wildman–Crippen LogP) is 5.64. The molecule has 0 bridgehead atoms. The molecule has 3 atom stereocenters. The number of H-pyrrole nitrogens is 1. The lowest BCUT2D eigenvalue weighted by atomic mass is 9.99. The van der Waals surface area contributed by atoms with E-state index < -0.39 is 17.8 Å². The van der Waals surface area contributed by atoms with Gasteiger partial charge in [-0.1, -0.05) is 36.8 Å². The van der Waals surface area contributed by atoms with E-state index in [4.69, 9.17) is 14.7 Å². The molecule has 2 saturated heterocycles. The van der Waals surface area contributed by atoms with Crippen molar-refractivity contribution in [3.8, 4) is 0 Å². The van der Waals surface area contributed by atoms with E-state index in [-0.39, 0.29) is 36.0 Å². The van der Waals surface area contributed by atoms with Gasteiger partial charge in [0.05, 0.1) is 30.1 Å². The molecule has 56 heavy (non-hydrogen) atoms. The van der Waals surface area contributed by atoms with E-state index in [1.807, 2.05) is 24.9 Å². The maximum absolute atomic E-state index is 13.7.